The number of benzene rings is 3. The third-order valence-corrected chi connectivity index (χ3v) is 5.34. The fourth-order valence-corrected chi connectivity index (χ4v) is 3.47. The monoisotopic (exact) mass is 426 g/mol. The highest BCUT2D eigenvalue weighted by atomic mass is 16.3. The maximum absolute atomic E-state index is 12.1. The molecule has 1 saturated carbocycles. The topological polar surface area (TPSA) is 69.6 Å². The summed E-state index contributed by atoms with van der Waals surface area (Å²) in [6.45, 7) is 1.37. The molecule has 4 rings (SSSR count). The summed E-state index contributed by atoms with van der Waals surface area (Å²) in [6, 6.07) is 27.8. The van der Waals surface area contributed by atoms with Gasteiger partial charge >= 0.3 is 0 Å². The molecule has 1 aliphatic rings. The van der Waals surface area contributed by atoms with Gasteiger partial charge in [0.2, 0.25) is 5.78 Å². The number of carbonyl (C=O) groups is 2. The number of rotatable bonds is 9. The molecule has 0 spiro atoms. The molecule has 0 radical (unpaired) electrons. The van der Waals surface area contributed by atoms with Crippen LogP contribution in [0.1, 0.15) is 29.5 Å². The number of carbonyl (C=O) groups excluding carboxylic acids is 2. The predicted molar refractivity (Wildman–Crippen MR) is 126 cm³/mol. The lowest BCUT2D eigenvalue weighted by molar-refractivity contribution is -0.135. The van der Waals surface area contributed by atoms with E-state index >= 15 is 0 Å². The van der Waals surface area contributed by atoms with Crippen molar-refractivity contribution in [3.05, 3.63) is 108 Å². The molecule has 0 aliphatic heterocycles. The first kappa shape index (κ1) is 21.4. The molecular weight excluding hydrogens is 400 g/mol. The zero-order chi connectivity index (χ0) is 22.3. The predicted octanol–water partition coefficient (Wildman–Crippen LogP) is 4.64. The molecule has 0 saturated heterocycles. The number of anilines is 1. The molecule has 5 nitrogen and oxygen atoms in total. The number of aliphatic hydroxyl groups excluding tert-OH is 1. The second-order valence-corrected chi connectivity index (χ2v) is 8.02. The van der Waals surface area contributed by atoms with Crippen molar-refractivity contribution in [2.24, 2.45) is 0 Å². The molecule has 0 atom stereocenters. The van der Waals surface area contributed by atoms with Crippen LogP contribution in [-0.4, -0.2) is 22.8 Å². The van der Waals surface area contributed by atoms with Gasteiger partial charge in [-0.2, -0.15) is 0 Å². The summed E-state index contributed by atoms with van der Waals surface area (Å²) in [5.41, 5.74) is 3.73. The summed E-state index contributed by atoms with van der Waals surface area (Å²) in [5, 5.41) is 13.2. The molecule has 0 unspecified atom stereocenters. The summed E-state index contributed by atoms with van der Waals surface area (Å²) in [4.78, 5) is 26.3. The van der Waals surface area contributed by atoms with Gasteiger partial charge in [-0.3, -0.25) is 9.59 Å². The Bertz CT molecular complexity index is 1060. The van der Waals surface area contributed by atoms with E-state index in [1.807, 2.05) is 54.6 Å². The van der Waals surface area contributed by atoms with Gasteiger partial charge in [-0.15, -0.1) is 0 Å². The van der Waals surface area contributed by atoms with E-state index in [4.69, 9.17) is 0 Å². The van der Waals surface area contributed by atoms with Crippen molar-refractivity contribution in [2.75, 3.05) is 4.90 Å². The van der Waals surface area contributed by atoms with Crippen LogP contribution in [0.25, 0.3) is 5.76 Å². The van der Waals surface area contributed by atoms with E-state index in [9.17, 15) is 14.7 Å². The number of hydrogen-bond acceptors (Lipinski definition) is 4. The Morgan fingerprint density at radius 2 is 1.47 bits per heavy atom. The molecule has 0 aromatic heterocycles. The molecular formula is C27H26N2O3. The van der Waals surface area contributed by atoms with Crippen molar-refractivity contribution in [3.8, 4) is 0 Å². The highest BCUT2D eigenvalue weighted by Crippen LogP contribution is 2.24. The van der Waals surface area contributed by atoms with Crippen LogP contribution in [0.5, 0.6) is 0 Å². The Hall–Kier alpha value is -3.86. The zero-order valence-electron chi connectivity index (χ0n) is 17.8. The molecule has 162 valence electrons. The second-order valence-electron chi connectivity index (χ2n) is 8.02. The van der Waals surface area contributed by atoms with E-state index in [-0.39, 0.29) is 11.8 Å². The quantitative estimate of drug-likeness (QED) is 0.297. The van der Waals surface area contributed by atoms with Gasteiger partial charge in [0.25, 0.3) is 5.91 Å². The van der Waals surface area contributed by atoms with E-state index in [2.05, 4.69) is 34.5 Å². The lowest BCUT2D eigenvalue weighted by Crippen LogP contribution is -2.31. The van der Waals surface area contributed by atoms with Crippen LogP contribution in [0.2, 0.25) is 0 Å². The normalized spacial score (nSPS) is 13.4. The van der Waals surface area contributed by atoms with Gasteiger partial charge < -0.3 is 15.3 Å². The molecule has 0 bridgehead atoms. The molecule has 32 heavy (non-hydrogen) atoms. The van der Waals surface area contributed by atoms with Gasteiger partial charge in [-0.1, -0.05) is 72.8 Å². The fraction of sp³-hybridized carbons (Fsp3) is 0.185. The zero-order valence-corrected chi connectivity index (χ0v) is 17.8. The highest BCUT2D eigenvalue weighted by Gasteiger charge is 2.25. The average molecular weight is 427 g/mol. The minimum Gasteiger partial charge on any atom is -0.507 e. The number of nitrogens with one attached hydrogen (secondary N) is 1. The van der Waals surface area contributed by atoms with Crippen molar-refractivity contribution in [1.82, 2.24) is 5.32 Å². The van der Waals surface area contributed by atoms with E-state index in [1.54, 1.807) is 6.07 Å². The lowest BCUT2D eigenvalue weighted by atomic mass is 10.1. The Morgan fingerprint density at radius 1 is 0.875 bits per heavy atom. The summed E-state index contributed by atoms with van der Waals surface area (Å²) >= 11 is 0. The van der Waals surface area contributed by atoms with Crippen LogP contribution in [0.15, 0.2) is 91.0 Å². The minimum absolute atomic E-state index is 0.0925. The van der Waals surface area contributed by atoms with Gasteiger partial charge in [0.15, 0.2) is 0 Å². The first-order valence-corrected chi connectivity index (χ1v) is 10.8. The molecule has 1 aliphatic carbocycles. The number of hydrogen-bond donors (Lipinski definition) is 2. The maximum Gasteiger partial charge on any atom is 0.292 e. The second kappa shape index (κ2) is 9.96. The number of amides is 1. The lowest BCUT2D eigenvalue weighted by Gasteiger charge is -2.26. The van der Waals surface area contributed by atoms with Crippen LogP contribution in [0.3, 0.4) is 0 Å². The molecule has 1 fully saturated rings. The van der Waals surface area contributed by atoms with Gasteiger partial charge in [0.05, 0.1) is 0 Å². The van der Waals surface area contributed by atoms with Crippen LogP contribution >= 0.6 is 0 Å². The van der Waals surface area contributed by atoms with Crippen LogP contribution in [-0.2, 0) is 22.7 Å². The van der Waals surface area contributed by atoms with Gasteiger partial charge in [0, 0.05) is 36.5 Å². The largest absolute Gasteiger partial charge is 0.507 e. The molecule has 3 aromatic rings. The van der Waals surface area contributed by atoms with Crippen molar-refractivity contribution < 1.29 is 14.7 Å². The Kier molecular flexibility index (Phi) is 6.66. The standard InChI is InChI=1S/C27H26N2O3/c30-25(17-26(31)27(32)28-23-14-15-23)22-12-7-13-24(16-22)29(18-20-8-3-1-4-9-20)19-21-10-5-2-6-11-21/h1-13,16-17,23,30H,14-15,18-19H2,(H,28,32). The molecule has 2 N–H and O–H groups in total. The first-order valence-electron chi connectivity index (χ1n) is 10.8. The van der Waals surface area contributed by atoms with E-state index in [1.165, 1.54) is 11.1 Å². The third kappa shape index (κ3) is 5.85. The molecule has 5 heteroatoms. The molecule has 1 amide bonds. The van der Waals surface area contributed by atoms with Crippen molar-refractivity contribution >= 4 is 23.1 Å². The first-order chi connectivity index (χ1) is 15.6. The third-order valence-electron chi connectivity index (χ3n) is 5.34. The van der Waals surface area contributed by atoms with E-state index in [0.29, 0.717) is 18.7 Å². The maximum atomic E-state index is 12.1. The number of aliphatic hydroxyl groups is 1. The van der Waals surface area contributed by atoms with Gasteiger partial charge in [0.1, 0.15) is 5.76 Å². The van der Waals surface area contributed by atoms with Gasteiger partial charge in [-0.05, 0) is 36.1 Å². The summed E-state index contributed by atoms with van der Waals surface area (Å²) < 4.78 is 0. The summed E-state index contributed by atoms with van der Waals surface area (Å²) in [5.74, 6) is -1.64. The SMILES string of the molecule is O=C(C=C(O)c1cccc(N(Cc2ccccc2)Cc2ccccc2)c1)C(=O)NC1CC1. The van der Waals surface area contributed by atoms with Crippen molar-refractivity contribution in [2.45, 2.75) is 32.0 Å². The number of nitrogens with zero attached hydrogens (tertiary/aromatic N) is 1. The Balaban J connectivity index is 1.57. The van der Waals surface area contributed by atoms with Crippen molar-refractivity contribution in [3.63, 3.8) is 0 Å². The Morgan fingerprint density at radius 3 is 2.03 bits per heavy atom. The summed E-state index contributed by atoms with van der Waals surface area (Å²) in [7, 11) is 0. The van der Waals surface area contributed by atoms with Crippen molar-refractivity contribution in [1.29, 1.82) is 0 Å². The Labute approximate surface area is 188 Å². The smallest absolute Gasteiger partial charge is 0.292 e. The van der Waals surface area contributed by atoms with Crippen LogP contribution in [0, 0.1) is 0 Å². The summed E-state index contributed by atoms with van der Waals surface area (Å²) in [6.07, 6.45) is 2.79. The minimum atomic E-state index is -0.745. The fourth-order valence-electron chi connectivity index (χ4n) is 3.47. The average Bonchev–Trinajstić information content (AvgIpc) is 3.64. The van der Waals surface area contributed by atoms with E-state index < -0.39 is 11.7 Å². The van der Waals surface area contributed by atoms with Crippen LogP contribution < -0.4 is 10.2 Å². The highest BCUT2D eigenvalue weighted by molar-refractivity contribution is 6.41. The number of ketones is 1. The molecule has 0 heterocycles. The van der Waals surface area contributed by atoms with E-state index in [0.717, 1.165) is 24.6 Å². The molecule has 3 aromatic carbocycles. The van der Waals surface area contributed by atoms with Gasteiger partial charge in [-0.25, -0.2) is 0 Å². The van der Waals surface area contributed by atoms with Crippen LogP contribution in [0.4, 0.5) is 5.69 Å².